The minimum atomic E-state index is 0.558. The summed E-state index contributed by atoms with van der Waals surface area (Å²) in [5, 5.41) is 6.83. The van der Waals surface area contributed by atoms with Gasteiger partial charge >= 0.3 is 0 Å². The Kier molecular flexibility index (Phi) is 11.6. The Hall–Kier alpha value is 0.620. The molecule has 92 valence electrons. The van der Waals surface area contributed by atoms with Gasteiger partial charge < -0.3 is 10.6 Å². The molecular formula is C11H26N2S2. The quantitative estimate of drug-likeness (QED) is 0.445. The first-order valence-electron chi connectivity index (χ1n) is 5.94. The van der Waals surface area contributed by atoms with Gasteiger partial charge in [0.2, 0.25) is 0 Å². The smallest absolute Gasteiger partial charge is 0.0155 e. The minimum Gasteiger partial charge on any atom is -0.317 e. The SMILES string of the molecule is CCNC[C@H](CS)CC[C@H](CS)NCC. The lowest BCUT2D eigenvalue weighted by Gasteiger charge is -2.19. The van der Waals surface area contributed by atoms with Crippen LogP contribution >= 0.6 is 25.3 Å². The van der Waals surface area contributed by atoms with Crippen LogP contribution in [0.1, 0.15) is 26.7 Å². The molecule has 0 heterocycles. The van der Waals surface area contributed by atoms with Gasteiger partial charge in [0.05, 0.1) is 0 Å². The second kappa shape index (κ2) is 11.1. The van der Waals surface area contributed by atoms with Crippen LogP contribution in [0.5, 0.6) is 0 Å². The Morgan fingerprint density at radius 1 is 1.00 bits per heavy atom. The van der Waals surface area contributed by atoms with Gasteiger partial charge in [0.25, 0.3) is 0 Å². The molecule has 0 aliphatic rings. The summed E-state index contributed by atoms with van der Waals surface area (Å²) < 4.78 is 0. The van der Waals surface area contributed by atoms with Crippen LogP contribution in [0.3, 0.4) is 0 Å². The van der Waals surface area contributed by atoms with E-state index in [9.17, 15) is 0 Å². The molecule has 0 amide bonds. The molecule has 0 fully saturated rings. The van der Waals surface area contributed by atoms with E-state index in [-0.39, 0.29) is 0 Å². The molecule has 2 atom stereocenters. The van der Waals surface area contributed by atoms with Crippen molar-refractivity contribution in [1.29, 1.82) is 0 Å². The molecule has 0 aromatic heterocycles. The molecule has 0 rings (SSSR count). The molecule has 0 saturated heterocycles. The normalized spacial score (nSPS) is 15.2. The van der Waals surface area contributed by atoms with Crippen LogP contribution in [0.15, 0.2) is 0 Å². The highest BCUT2D eigenvalue weighted by molar-refractivity contribution is 7.80. The third-order valence-corrected chi connectivity index (χ3v) is 3.53. The molecule has 0 aromatic rings. The first-order valence-corrected chi connectivity index (χ1v) is 7.20. The molecule has 0 aliphatic carbocycles. The van der Waals surface area contributed by atoms with E-state index >= 15 is 0 Å². The molecule has 0 bridgehead atoms. The van der Waals surface area contributed by atoms with Crippen LogP contribution in [-0.2, 0) is 0 Å². The molecule has 0 radical (unpaired) electrons. The fourth-order valence-electron chi connectivity index (χ4n) is 1.59. The summed E-state index contributed by atoms with van der Waals surface area (Å²) >= 11 is 8.75. The zero-order valence-corrected chi connectivity index (χ0v) is 11.8. The van der Waals surface area contributed by atoms with E-state index in [0.717, 1.165) is 31.1 Å². The summed E-state index contributed by atoms with van der Waals surface area (Å²) in [5.41, 5.74) is 0. The maximum atomic E-state index is 4.39. The first-order chi connectivity index (χ1) is 7.28. The van der Waals surface area contributed by atoms with Crippen molar-refractivity contribution in [2.75, 3.05) is 31.1 Å². The molecule has 2 nitrogen and oxygen atoms in total. The Bertz CT molecular complexity index is 134. The van der Waals surface area contributed by atoms with Crippen LogP contribution in [0.25, 0.3) is 0 Å². The van der Waals surface area contributed by atoms with E-state index < -0.39 is 0 Å². The van der Waals surface area contributed by atoms with Gasteiger partial charge in [-0.25, -0.2) is 0 Å². The maximum Gasteiger partial charge on any atom is 0.0155 e. The minimum absolute atomic E-state index is 0.558. The molecule has 2 N–H and O–H groups in total. The highest BCUT2D eigenvalue weighted by Gasteiger charge is 2.10. The monoisotopic (exact) mass is 250 g/mol. The molecule has 4 heteroatoms. The van der Waals surface area contributed by atoms with Crippen LogP contribution in [0, 0.1) is 5.92 Å². The number of rotatable bonds is 10. The molecule has 0 saturated carbocycles. The molecule has 0 aromatic carbocycles. The van der Waals surface area contributed by atoms with Gasteiger partial charge in [-0.2, -0.15) is 25.3 Å². The van der Waals surface area contributed by atoms with Crippen LogP contribution in [0.2, 0.25) is 0 Å². The van der Waals surface area contributed by atoms with Crippen LogP contribution in [-0.4, -0.2) is 37.2 Å². The van der Waals surface area contributed by atoms with E-state index in [1.165, 1.54) is 12.8 Å². The van der Waals surface area contributed by atoms with Crippen molar-refractivity contribution in [3.8, 4) is 0 Å². The van der Waals surface area contributed by atoms with Gasteiger partial charge in [-0.15, -0.1) is 0 Å². The topological polar surface area (TPSA) is 24.1 Å². The molecule has 15 heavy (non-hydrogen) atoms. The highest BCUT2D eigenvalue weighted by atomic mass is 32.1. The molecule has 0 unspecified atom stereocenters. The summed E-state index contributed by atoms with van der Waals surface area (Å²) in [6.45, 7) is 7.46. The van der Waals surface area contributed by atoms with Crippen LogP contribution < -0.4 is 10.6 Å². The van der Waals surface area contributed by atoms with Crippen molar-refractivity contribution in [2.24, 2.45) is 5.92 Å². The van der Waals surface area contributed by atoms with Gasteiger partial charge in [0.1, 0.15) is 0 Å². The van der Waals surface area contributed by atoms with Gasteiger partial charge in [0.15, 0.2) is 0 Å². The number of hydrogen-bond donors (Lipinski definition) is 4. The lowest BCUT2D eigenvalue weighted by atomic mass is 10.0. The standard InChI is InChI=1S/C11H26N2S2/c1-3-12-7-10(8-14)5-6-11(9-15)13-4-2/h10-15H,3-9H2,1-2H3/t10-,11-/m1/s1. The van der Waals surface area contributed by atoms with E-state index in [1.807, 2.05) is 0 Å². The van der Waals surface area contributed by atoms with Crippen LogP contribution in [0.4, 0.5) is 0 Å². The Morgan fingerprint density at radius 3 is 2.20 bits per heavy atom. The third kappa shape index (κ3) is 8.43. The second-order valence-corrected chi connectivity index (χ2v) is 4.60. The predicted octanol–water partition coefficient (Wildman–Crippen LogP) is 1.83. The van der Waals surface area contributed by atoms with E-state index in [1.54, 1.807) is 0 Å². The lowest BCUT2D eigenvalue weighted by Crippen LogP contribution is -2.32. The lowest BCUT2D eigenvalue weighted by molar-refractivity contribution is 0.432. The van der Waals surface area contributed by atoms with E-state index in [0.29, 0.717) is 12.0 Å². The summed E-state index contributed by atoms with van der Waals surface area (Å²) in [4.78, 5) is 0. The van der Waals surface area contributed by atoms with Crippen molar-refractivity contribution in [2.45, 2.75) is 32.7 Å². The zero-order valence-electron chi connectivity index (χ0n) is 10.00. The number of hydrogen-bond acceptors (Lipinski definition) is 4. The fourth-order valence-corrected chi connectivity index (χ4v) is 2.21. The van der Waals surface area contributed by atoms with Crippen molar-refractivity contribution in [1.82, 2.24) is 10.6 Å². The van der Waals surface area contributed by atoms with Gasteiger partial charge in [-0.05, 0) is 44.1 Å². The zero-order chi connectivity index (χ0) is 11.5. The number of thiol groups is 2. The van der Waals surface area contributed by atoms with Crippen molar-refractivity contribution >= 4 is 25.3 Å². The van der Waals surface area contributed by atoms with Gasteiger partial charge in [-0.3, -0.25) is 0 Å². The van der Waals surface area contributed by atoms with Crippen molar-refractivity contribution in [3.63, 3.8) is 0 Å². The molecule has 0 aliphatic heterocycles. The summed E-state index contributed by atoms with van der Waals surface area (Å²) in [6.07, 6.45) is 2.43. The van der Waals surface area contributed by atoms with E-state index in [4.69, 9.17) is 0 Å². The average molecular weight is 250 g/mol. The number of nitrogens with one attached hydrogen (secondary N) is 2. The fraction of sp³-hybridized carbons (Fsp3) is 1.00. The average Bonchev–Trinajstić information content (AvgIpc) is 2.27. The van der Waals surface area contributed by atoms with Crippen molar-refractivity contribution in [3.05, 3.63) is 0 Å². The highest BCUT2D eigenvalue weighted by Crippen LogP contribution is 2.10. The Labute approximate surface area is 106 Å². The Balaban J connectivity index is 3.66. The summed E-state index contributed by atoms with van der Waals surface area (Å²) in [7, 11) is 0. The first kappa shape index (κ1) is 15.6. The van der Waals surface area contributed by atoms with Crippen molar-refractivity contribution < 1.29 is 0 Å². The third-order valence-electron chi connectivity index (χ3n) is 2.58. The van der Waals surface area contributed by atoms with E-state index in [2.05, 4.69) is 49.7 Å². The Morgan fingerprint density at radius 2 is 1.73 bits per heavy atom. The second-order valence-electron chi connectivity index (χ2n) is 3.87. The largest absolute Gasteiger partial charge is 0.317 e. The summed E-state index contributed by atoms with van der Waals surface area (Å²) in [5.74, 6) is 2.58. The predicted molar refractivity (Wildman–Crippen MR) is 76.4 cm³/mol. The molecule has 0 spiro atoms. The molecular weight excluding hydrogens is 224 g/mol. The summed E-state index contributed by atoms with van der Waals surface area (Å²) in [6, 6.07) is 0.558. The van der Waals surface area contributed by atoms with Gasteiger partial charge in [-0.1, -0.05) is 13.8 Å². The van der Waals surface area contributed by atoms with Gasteiger partial charge in [0, 0.05) is 11.8 Å². The maximum absolute atomic E-state index is 4.39.